The molecule has 0 radical (unpaired) electrons. The number of aromatic nitrogens is 3. The van der Waals surface area contributed by atoms with Gasteiger partial charge in [-0.25, -0.2) is 4.68 Å². The number of nitrogens with zero attached hydrogens (tertiary/aromatic N) is 4. The molecule has 22 heavy (non-hydrogen) atoms. The summed E-state index contributed by atoms with van der Waals surface area (Å²) in [5.74, 6) is 0.834. The largest absolute Gasteiger partial charge is 0.494 e. The number of benzene rings is 2. The molecule has 0 fully saturated rings. The van der Waals surface area contributed by atoms with E-state index in [1.54, 1.807) is 16.8 Å². The van der Waals surface area contributed by atoms with Gasteiger partial charge in [0.15, 0.2) is 0 Å². The van der Waals surface area contributed by atoms with Crippen LogP contribution >= 0.6 is 0 Å². The third kappa shape index (κ3) is 2.81. The van der Waals surface area contributed by atoms with Crippen LogP contribution < -0.4 is 4.74 Å². The Morgan fingerprint density at radius 2 is 2.00 bits per heavy atom. The smallest absolute Gasteiger partial charge is 0.119 e. The van der Waals surface area contributed by atoms with Crippen LogP contribution in [-0.4, -0.2) is 21.6 Å². The molecular weight excluding hydrogens is 276 g/mol. The highest BCUT2D eigenvalue weighted by Crippen LogP contribution is 2.21. The van der Waals surface area contributed by atoms with Gasteiger partial charge in [0.25, 0.3) is 0 Å². The average molecular weight is 290 g/mol. The first-order valence-corrected chi connectivity index (χ1v) is 6.96. The number of nitriles is 1. The average Bonchev–Trinajstić information content (AvgIpc) is 3.06. The number of hydrogen-bond acceptors (Lipinski definition) is 4. The Morgan fingerprint density at radius 3 is 2.73 bits per heavy atom. The summed E-state index contributed by atoms with van der Waals surface area (Å²) in [6, 6.07) is 17.1. The van der Waals surface area contributed by atoms with E-state index in [0.717, 1.165) is 22.7 Å². The molecule has 0 atom stereocenters. The van der Waals surface area contributed by atoms with Gasteiger partial charge in [-0.2, -0.15) is 5.26 Å². The van der Waals surface area contributed by atoms with Crippen LogP contribution in [-0.2, 0) is 0 Å². The van der Waals surface area contributed by atoms with Gasteiger partial charge in [0.05, 0.1) is 30.1 Å². The fourth-order valence-corrected chi connectivity index (χ4v) is 2.13. The third-order valence-electron chi connectivity index (χ3n) is 3.19. The van der Waals surface area contributed by atoms with E-state index >= 15 is 0 Å². The highest BCUT2D eigenvalue weighted by molar-refractivity contribution is 5.59. The Balaban J connectivity index is 1.88. The molecule has 2 aromatic carbocycles. The monoisotopic (exact) mass is 290 g/mol. The molecule has 1 heterocycles. The van der Waals surface area contributed by atoms with Crippen molar-refractivity contribution in [2.75, 3.05) is 6.61 Å². The Labute approximate surface area is 128 Å². The zero-order valence-corrected chi connectivity index (χ0v) is 12.1. The summed E-state index contributed by atoms with van der Waals surface area (Å²) < 4.78 is 7.08. The molecule has 0 spiro atoms. The summed E-state index contributed by atoms with van der Waals surface area (Å²) in [6.07, 6.45) is 1.84. The van der Waals surface area contributed by atoms with Crippen LogP contribution in [0.1, 0.15) is 12.5 Å². The van der Waals surface area contributed by atoms with Crippen molar-refractivity contribution in [2.24, 2.45) is 0 Å². The van der Waals surface area contributed by atoms with Crippen LogP contribution in [0.4, 0.5) is 0 Å². The maximum Gasteiger partial charge on any atom is 0.119 e. The molecule has 3 aromatic rings. The van der Waals surface area contributed by atoms with Gasteiger partial charge in [-0.1, -0.05) is 11.3 Å². The molecule has 0 unspecified atom stereocenters. The van der Waals surface area contributed by atoms with Gasteiger partial charge in [0.2, 0.25) is 0 Å². The standard InChI is InChI=1S/C17H14N4O/c1-2-22-16-8-6-14(7-9-16)17-12-21(20-19-17)15-5-3-4-13(10-15)11-18/h3-10,12H,2H2,1H3. The van der Waals surface area contributed by atoms with Crippen LogP contribution in [0.25, 0.3) is 16.9 Å². The lowest BCUT2D eigenvalue weighted by Gasteiger charge is -2.02. The molecule has 0 aliphatic carbocycles. The van der Waals surface area contributed by atoms with Crippen LogP contribution in [0.5, 0.6) is 5.75 Å². The summed E-state index contributed by atoms with van der Waals surface area (Å²) in [4.78, 5) is 0. The fourth-order valence-electron chi connectivity index (χ4n) is 2.13. The van der Waals surface area contributed by atoms with E-state index in [2.05, 4.69) is 16.4 Å². The zero-order chi connectivity index (χ0) is 15.4. The number of hydrogen-bond donors (Lipinski definition) is 0. The lowest BCUT2D eigenvalue weighted by atomic mass is 10.1. The van der Waals surface area contributed by atoms with E-state index in [9.17, 15) is 0 Å². The topological polar surface area (TPSA) is 63.7 Å². The maximum atomic E-state index is 8.95. The van der Waals surface area contributed by atoms with Crippen molar-refractivity contribution in [2.45, 2.75) is 6.92 Å². The zero-order valence-electron chi connectivity index (χ0n) is 12.1. The predicted octanol–water partition coefficient (Wildman–Crippen LogP) is 3.20. The molecule has 5 heteroatoms. The van der Waals surface area contributed by atoms with Gasteiger partial charge < -0.3 is 4.74 Å². The highest BCUT2D eigenvalue weighted by atomic mass is 16.5. The molecular formula is C17H14N4O. The Hall–Kier alpha value is -3.13. The normalized spacial score (nSPS) is 10.2. The predicted molar refractivity (Wildman–Crippen MR) is 82.7 cm³/mol. The molecule has 3 rings (SSSR count). The minimum atomic E-state index is 0.593. The summed E-state index contributed by atoms with van der Waals surface area (Å²) in [6.45, 7) is 2.60. The van der Waals surface area contributed by atoms with Gasteiger partial charge in [0.1, 0.15) is 11.4 Å². The van der Waals surface area contributed by atoms with Crippen LogP contribution in [0.2, 0.25) is 0 Å². The van der Waals surface area contributed by atoms with Crippen molar-refractivity contribution in [1.82, 2.24) is 15.0 Å². The Morgan fingerprint density at radius 1 is 1.18 bits per heavy atom. The van der Waals surface area contributed by atoms with E-state index in [-0.39, 0.29) is 0 Å². The molecule has 0 saturated carbocycles. The first-order valence-electron chi connectivity index (χ1n) is 6.96. The SMILES string of the molecule is CCOc1ccc(-c2cn(-c3cccc(C#N)c3)nn2)cc1. The third-order valence-corrected chi connectivity index (χ3v) is 3.19. The van der Waals surface area contributed by atoms with Crippen molar-refractivity contribution in [1.29, 1.82) is 5.26 Å². The van der Waals surface area contributed by atoms with Gasteiger partial charge in [-0.3, -0.25) is 0 Å². The molecule has 108 valence electrons. The van der Waals surface area contributed by atoms with E-state index in [1.165, 1.54) is 0 Å². The maximum absolute atomic E-state index is 8.95. The number of ether oxygens (including phenoxy) is 1. The van der Waals surface area contributed by atoms with Crippen molar-refractivity contribution in [3.63, 3.8) is 0 Å². The van der Waals surface area contributed by atoms with E-state index in [4.69, 9.17) is 10.00 Å². The minimum Gasteiger partial charge on any atom is -0.494 e. The van der Waals surface area contributed by atoms with Gasteiger partial charge >= 0.3 is 0 Å². The van der Waals surface area contributed by atoms with E-state index < -0.39 is 0 Å². The molecule has 0 aliphatic rings. The van der Waals surface area contributed by atoms with Gasteiger partial charge in [-0.05, 0) is 49.4 Å². The molecule has 1 aromatic heterocycles. The van der Waals surface area contributed by atoms with Crippen molar-refractivity contribution in [3.05, 3.63) is 60.3 Å². The molecule has 0 bridgehead atoms. The molecule has 0 amide bonds. The van der Waals surface area contributed by atoms with Crippen LogP contribution in [0.3, 0.4) is 0 Å². The minimum absolute atomic E-state index is 0.593. The molecule has 5 nitrogen and oxygen atoms in total. The lowest BCUT2D eigenvalue weighted by molar-refractivity contribution is 0.340. The van der Waals surface area contributed by atoms with Crippen molar-refractivity contribution >= 4 is 0 Å². The molecule has 0 N–H and O–H groups in total. The van der Waals surface area contributed by atoms with Crippen LogP contribution in [0, 0.1) is 11.3 Å². The fraction of sp³-hybridized carbons (Fsp3) is 0.118. The van der Waals surface area contributed by atoms with Gasteiger partial charge in [0, 0.05) is 5.56 Å². The highest BCUT2D eigenvalue weighted by Gasteiger charge is 2.06. The van der Waals surface area contributed by atoms with Crippen molar-refractivity contribution < 1.29 is 4.74 Å². The van der Waals surface area contributed by atoms with Crippen molar-refractivity contribution in [3.8, 4) is 28.8 Å². The summed E-state index contributed by atoms with van der Waals surface area (Å²) in [5, 5.41) is 17.3. The second kappa shape index (κ2) is 6.10. The quantitative estimate of drug-likeness (QED) is 0.740. The summed E-state index contributed by atoms with van der Waals surface area (Å²) in [7, 11) is 0. The number of rotatable bonds is 4. The lowest BCUT2D eigenvalue weighted by Crippen LogP contribution is -1.94. The first kappa shape index (κ1) is 13.8. The van der Waals surface area contributed by atoms with E-state index in [0.29, 0.717) is 12.2 Å². The van der Waals surface area contributed by atoms with Crippen LogP contribution in [0.15, 0.2) is 54.7 Å². The first-order chi connectivity index (χ1) is 10.8. The Kier molecular flexibility index (Phi) is 3.84. The van der Waals surface area contributed by atoms with E-state index in [1.807, 2.05) is 49.5 Å². The second-order valence-electron chi connectivity index (χ2n) is 4.67. The Bertz CT molecular complexity index is 815. The summed E-state index contributed by atoms with van der Waals surface area (Å²) in [5.41, 5.74) is 3.14. The molecule has 0 saturated heterocycles. The molecule has 0 aliphatic heterocycles. The summed E-state index contributed by atoms with van der Waals surface area (Å²) >= 11 is 0. The van der Waals surface area contributed by atoms with Gasteiger partial charge in [-0.15, -0.1) is 5.10 Å². The second-order valence-corrected chi connectivity index (χ2v) is 4.67.